The molecule has 0 aliphatic carbocycles. The average Bonchev–Trinajstić information content (AvgIpc) is 2.18. The molecule has 0 amide bonds. The lowest BCUT2D eigenvalue weighted by molar-refractivity contribution is -0.116. The molecule has 0 fully saturated rings. The number of carbonyl (C=O) groups excluding carboxylic acids is 1. The van der Waals surface area contributed by atoms with Gasteiger partial charge in [0.1, 0.15) is 11.6 Å². The van der Waals surface area contributed by atoms with E-state index < -0.39 is 15.6 Å². The highest BCUT2D eigenvalue weighted by Gasteiger charge is 2.18. The summed E-state index contributed by atoms with van der Waals surface area (Å²) in [6, 6.07) is 5.49. The molecule has 1 aromatic rings. The molecule has 0 unspecified atom stereocenters. The first-order valence-corrected chi connectivity index (χ1v) is 7.57. The molecule has 100 valence electrons. The lowest BCUT2D eigenvalue weighted by atomic mass is 10.1. The summed E-state index contributed by atoms with van der Waals surface area (Å²) >= 11 is 0. The molecule has 1 aromatic carbocycles. The van der Waals surface area contributed by atoms with E-state index >= 15 is 0 Å². The van der Waals surface area contributed by atoms with Crippen molar-refractivity contribution in [2.24, 2.45) is 5.92 Å². The van der Waals surface area contributed by atoms with Crippen LogP contribution in [0.2, 0.25) is 0 Å². The van der Waals surface area contributed by atoms with Gasteiger partial charge in [0, 0.05) is 6.42 Å². The topological polar surface area (TPSA) is 51.2 Å². The molecule has 0 atom stereocenters. The molecule has 3 nitrogen and oxygen atoms in total. The molecule has 0 aliphatic rings. The molecule has 0 radical (unpaired) electrons. The standard InChI is InChI=1S/C13H17FO3S/c1-10(2)8-18(16,17)9-13(15)7-11-3-5-12(14)6-4-11/h3-6,10H,7-9H2,1-2H3. The van der Waals surface area contributed by atoms with Crippen LogP contribution in [-0.4, -0.2) is 25.7 Å². The van der Waals surface area contributed by atoms with Gasteiger partial charge in [-0.05, 0) is 23.6 Å². The second-order valence-corrected chi connectivity index (χ2v) is 6.90. The molecule has 0 heterocycles. The Morgan fingerprint density at radius 3 is 2.28 bits per heavy atom. The van der Waals surface area contributed by atoms with E-state index in [1.54, 1.807) is 13.8 Å². The number of sulfone groups is 1. The van der Waals surface area contributed by atoms with Crippen LogP contribution in [0, 0.1) is 11.7 Å². The minimum atomic E-state index is -3.33. The molecule has 5 heteroatoms. The Labute approximate surface area is 107 Å². The van der Waals surface area contributed by atoms with Crippen LogP contribution in [0.1, 0.15) is 19.4 Å². The maximum Gasteiger partial charge on any atom is 0.157 e. The zero-order valence-electron chi connectivity index (χ0n) is 10.5. The van der Waals surface area contributed by atoms with Crippen LogP contribution in [0.25, 0.3) is 0 Å². The average molecular weight is 272 g/mol. The number of hydrogen-bond acceptors (Lipinski definition) is 3. The minimum Gasteiger partial charge on any atom is -0.298 e. The Bertz CT molecular complexity index is 504. The summed E-state index contributed by atoms with van der Waals surface area (Å²) in [6.07, 6.45) is 0.0254. The number of Topliss-reactive ketones (excluding diaryl/α,β-unsaturated/α-hetero) is 1. The van der Waals surface area contributed by atoms with Crippen molar-refractivity contribution in [3.63, 3.8) is 0 Å². The largest absolute Gasteiger partial charge is 0.298 e. The maximum atomic E-state index is 12.7. The number of ketones is 1. The Morgan fingerprint density at radius 2 is 1.78 bits per heavy atom. The van der Waals surface area contributed by atoms with Crippen molar-refractivity contribution in [2.75, 3.05) is 11.5 Å². The molecule has 1 rings (SSSR count). The maximum absolute atomic E-state index is 12.7. The molecule has 0 bridgehead atoms. The fourth-order valence-electron chi connectivity index (χ4n) is 1.69. The van der Waals surface area contributed by atoms with E-state index in [4.69, 9.17) is 0 Å². The van der Waals surface area contributed by atoms with Crippen LogP contribution in [0.5, 0.6) is 0 Å². The van der Waals surface area contributed by atoms with Gasteiger partial charge in [-0.1, -0.05) is 26.0 Å². The molecule has 0 saturated heterocycles. The summed E-state index contributed by atoms with van der Waals surface area (Å²) in [5.74, 6) is -1.15. The molecular formula is C13H17FO3S. The molecule has 0 aromatic heterocycles. The predicted octanol–water partition coefficient (Wildman–Crippen LogP) is 2.01. The van der Waals surface area contributed by atoms with Gasteiger partial charge in [0.05, 0.1) is 5.75 Å². The lowest BCUT2D eigenvalue weighted by Gasteiger charge is -2.06. The van der Waals surface area contributed by atoms with Gasteiger partial charge in [-0.3, -0.25) is 4.79 Å². The van der Waals surface area contributed by atoms with Crippen LogP contribution < -0.4 is 0 Å². The van der Waals surface area contributed by atoms with Gasteiger partial charge in [0.15, 0.2) is 15.6 Å². The van der Waals surface area contributed by atoms with Crippen LogP contribution in [0.3, 0.4) is 0 Å². The number of carbonyl (C=O) groups is 1. The van der Waals surface area contributed by atoms with E-state index in [1.807, 2.05) is 0 Å². The highest BCUT2D eigenvalue weighted by Crippen LogP contribution is 2.06. The number of hydrogen-bond donors (Lipinski definition) is 0. The second-order valence-electron chi connectivity index (χ2n) is 4.79. The first-order chi connectivity index (χ1) is 8.28. The molecule has 18 heavy (non-hydrogen) atoms. The summed E-state index contributed by atoms with van der Waals surface area (Å²) in [7, 11) is -3.33. The van der Waals surface area contributed by atoms with Gasteiger partial charge in [-0.2, -0.15) is 0 Å². The van der Waals surface area contributed by atoms with Crippen LogP contribution >= 0.6 is 0 Å². The molecule has 0 spiro atoms. The van der Waals surface area contributed by atoms with E-state index in [0.717, 1.165) is 0 Å². The Morgan fingerprint density at radius 1 is 1.22 bits per heavy atom. The summed E-state index contributed by atoms with van der Waals surface area (Å²) in [5, 5.41) is 0. The molecule has 0 aliphatic heterocycles. The van der Waals surface area contributed by atoms with Gasteiger partial charge < -0.3 is 0 Å². The van der Waals surface area contributed by atoms with Gasteiger partial charge >= 0.3 is 0 Å². The van der Waals surface area contributed by atoms with Crippen LogP contribution in [0.4, 0.5) is 4.39 Å². The fraction of sp³-hybridized carbons (Fsp3) is 0.462. The highest BCUT2D eigenvalue weighted by atomic mass is 32.2. The van der Waals surface area contributed by atoms with Crippen molar-refractivity contribution < 1.29 is 17.6 Å². The van der Waals surface area contributed by atoms with Crippen molar-refractivity contribution in [2.45, 2.75) is 20.3 Å². The van der Waals surface area contributed by atoms with Gasteiger partial charge in [0.2, 0.25) is 0 Å². The Balaban J connectivity index is 2.59. The van der Waals surface area contributed by atoms with Crippen LogP contribution in [0.15, 0.2) is 24.3 Å². The predicted molar refractivity (Wildman–Crippen MR) is 68.6 cm³/mol. The van der Waals surface area contributed by atoms with E-state index in [9.17, 15) is 17.6 Å². The van der Waals surface area contributed by atoms with Crippen molar-refractivity contribution in [1.29, 1.82) is 0 Å². The molecule has 0 saturated carbocycles. The SMILES string of the molecule is CC(C)CS(=O)(=O)CC(=O)Cc1ccc(F)cc1. The fourth-order valence-corrected chi connectivity index (χ4v) is 3.42. The Kier molecular flexibility index (Phi) is 5.02. The third-order valence-corrected chi connectivity index (χ3v) is 4.22. The quantitative estimate of drug-likeness (QED) is 0.796. The summed E-state index contributed by atoms with van der Waals surface area (Å²) in [5.41, 5.74) is 0.626. The van der Waals surface area contributed by atoms with Crippen molar-refractivity contribution in [1.82, 2.24) is 0 Å². The van der Waals surface area contributed by atoms with E-state index in [2.05, 4.69) is 0 Å². The van der Waals surface area contributed by atoms with E-state index in [0.29, 0.717) is 5.56 Å². The number of benzene rings is 1. The smallest absolute Gasteiger partial charge is 0.157 e. The van der Waals surface area contributed by atoms with Crippen LogP contribution in [-0.2, 0) is 21.1 Å². The van der Waals surface area contributed by atoms with E-state index in [1.165, 1.54) is 24.3 Å². The zero-order chi connectivity index (χ0) is 13.8. The summed E-state index contributed by atoms with van der Waals surface area (Å²) < 4.78 is 35.9. The molecule has 0 N–H and O–H groups in total. The Hall–Kier alpha value is -1.23. The van der Waals surface area contributed by atoms with Crippen molar-refractivity contribution in [3.8, 4) is 0 Å². The summed E-state index contributed by atoms with van der Waals surface area (Å²) in [6.45, 7) is 3.59. The zero-order valence-corrected chi connectivity index (χ0v) is 11.3. The normalized spacial score (nSPS) is 11.8. The monoisotopic (exact) mass is 272 g/mol. The second kappa shape index (κ2) is 6.09. The molecular weight excluding hydrogens is 255 g/mol. The number of halogens is 1. The third kappa shape index (κ3) is 5.40. The lowest BCUT2D eigenvalue weighted by Crippen LogP contribution is -2.22. The third-order valence-electron chi connectivity index (χ3n) is 2.28. The first-order valence-electron chi connectivity index (χ1n) is 5.75. The van der Waals surface area contributed by atoms with Crippen molar-refractivity contribution in [3.05, 3.63) is 35.6 Å². The van der Waals surface area contributed by atoms with Gasteiger partial charge in [0.25, 0.3) is 0 Å². The van der Waals surface area contributed by atoms with E-state index in [-0.39, 0.29) is 29.7 Å². The van der Waals surface area contributed by atoms with Gasteiger partial charge in [-0.25, -0.2) is 12.8 Å². The minimum absolute atomic E-state index is 0.00798. The number of rotatable bonds is 6. The first kappa shape index (κ1) is 14.8. The summed E-state index contributed by atoms with van der Waals surface area (Å²) in [4.78, 5) is 11.6. The highest BCUT2D eigenvalue weighted by molar-refractivity contribution is 7.92. The van der Waals surface area contributed by atoms with Crippen molar-refractivity contribution >= 4 is 15.6 Å². The van der Waals surface area contributed by atoms with Gasteiger partial charge in [-0.15, -0.1) is 0 Å².